The summed E-state index contributed by atoms with van der Waals surface area (Å²) in [5, 5.41) is 8.49. The molecule has 0 aliphatic carbocycles. The lowest BCUT2D eigenvalue weighted by atomic mass is 10.0. The third kappa shape index (κ3) is 3.13. The molecule has 0 radical (unpaired) electrons. The standard InChI is InChI=1S/C17H28N6/c1-12(2)16-14(17(21(3)4)22(5)20-16)10-19-13-6-7-15-18-8-9-23(15)11-13/h8-9,12-13,19H,6-7,10-11H2,1-5H3. The number of nitrogens with zero attached hydrogens (tertiary/aromatic N) is 5. The Bertz CT molecular complexity index is 667. The minimum Gasteiger partial charge on any atom is -0.363 e. The van der Waals surface area contributed by atoms with Crippen LogP contribution in [0.15, 0.2) is 12.4 Å². The first-order valence-electron chi connectivity index (χ1n) is 8.43. The van der Waals surface area contributed by atoms with Crippen LogP contribution in [0.3, 0.4) is 0 Å². The molecule has 1 aliphatic rings. The van der Waals surface area contributed by atoms with Gasteiger partial charge in [-0.3, -0.25) is 4.68 Å². The minimum absolute atomic E-state index is 0.429. The van der Waals surface area contributed by atoms with E-state index in [4.69, 9.17) is 5.10 Å². The van der Waals surface area contributed by atoms with Gasteiger partial charge in [0, 0.05) is 64.7 Å². The predicted molar refractivity (Wildman–Crippen MR) is 92.8 cm³/mol. The van der Waals surface area contributed by atoms with Gasteiger partial charge in [0.15, 0.2) is 0 Å². The van der Waals surface area contributed by atoms with Crippen molar-refractivity contribution >= 4 is 5.82 Å². The monoisotopic (exact) mass is 316 g/mol. The van der Waals surface area contributed by atoms with Crippen molar-refractivity contribution in [1.82, 2.24) is 24.6 Å². The Balaban J connectivity index is 1.75. The number of fused-ring (bicyclic) bond motifs is 1. The van der Waals surface area contributed by atoms with Crippen molar-refractivity contribution < 1.29 is 0 Å². The molecule has 0 amide bonds. The molecule has 1 aliphatic heterocycles. The van der Waals surface area contributed by atoms with Crippen LogP contribution < -0.4 is 10.2 Å². The summed E-state index contributed by atoms with van der Waals surface area (Å²) in [7, 11) is 6.20. The third-order valence-electron chi connectivity index (χ3n) is 4.62. The second kappa shape index (κ2) is 6.35. The normalized spacial score (nSPS) is 17.6. The fourth-order valence-corrected chi connectivity index (χ4v) is 3.55. The van der Waals surface area contributed by atoms with Gasteiger partial charge in [-0.05, 0) is 12.3 Å². The highest BCUT2D eigenvalue weighted by Gasteiger charge is 2.22. The summed E-state index contributed by atoms with van der Waals surface area (Å²) in [5.74, 6) is 2.83. The first kappa shape index (κ1) is 16.1. The number of aryl methyl sites for hydroxylation is 2. The van der Waals surface area contributed by atoms with E-state index in [9.17, 15) is 0 Å². The molecule has 126 valence electrons. The number of aromatic nitrogens is 4. The van der Waals surface area contributed by atoms with Gasteiger partial charge in [-0.15, -0.1) is 0 Å². The molecular formula is C17H28N6. The largest absolute Gasteiger partial charge is 0.363 e. The Morgan fingerprint density at radius 2 is 2.17 bits per heavy atom. The molecule has 23 heavy (non-hydrogen) atoms. The summed E-state index contributed by atoms with van der Waals surface area (Å²) in [6, 6.07) is 0.493. The van der Waals surface area contributed by atoms with Crippen molar-refractivity contribution in [1.29, 1.82) is 0 Å². The molecule has 0 saturated heterocycles. The molecule has 2 aromatic rings. The van der Waals surface area contributed by atoms with Crippen molar-refractivity contribution in [3.63, 3.8) is 0 Å². The van der Waals surface area contributed by atoms with Gasteiger partial charge >= 0.3 is 0 Å². The summed E-state index contributed by atoms with van der Waals surface area (Å²) in [5.41, 5.74) is 2.52. The maximum absolute atomic E-state index is 4.74. The molecule has 3 heterocycles. The third-order valence-corrected chi connectivity index (χ3v) is 4.62. The predicted octanol–water partition coefficient (Wildman–Crippen LogP) is 1.91. The van der Waals surface area contributed by atoms with Crippen molar-refractivity contribution in [2.24, 2.45) is 7.05 Å². The molecular weight excluding hydrogens is 288 g/mol. The highest BCUT2D eigenvalue weighted by molar-refractivity contribution is 5.50. The molecule has 1 atom stereocenters. The van der Waals surface area contributed by atoms with Crippen LogP contribution in [0.5, 0.6) is 0 Å². The van der Waals surface area contributed by atoms with Crippen molar-refractivity contribution in [3.05, 3.63) is 29.5 Å². The van der Waals surface area contributed by atoms with Gasteiger partial charge < -0.3 is 14.8 Å². The van der Waals surface area contributed by atoms with Crippen LogP contribution in [0.2, 0.25) is 0 Å². The summed E-state index contributed by atoms with van der Waals surface area (Å²) in [6.07, 6.45) is 6.18. The molecule has 0 saturated carbocycles. The maximum atomic E-state index is 4.74. The van der Waals surface area contributed by atoms with Crippen LogP contribution in [-0.2, 0) is 26.6 Å². The molecule has 0 fully saturated rings. The number of hydrogen-bond acceptors (Lipinski definition) is 4. The topological polar surface area (TPSA) is 50.9 Å². The zero-order valence-corrected chi connectivity index (χ0v) is 14.9. The highest BCUT2D eigenvalue weighted by atomic mass is 15.4. The molecule has 6 heteroatoms. The van der Waals surface area contributed by atoms with Gasteiger partial charge in [0.2, 0.25) is 0 Å². The second-order valence-electron chi connectivity index (χ2n) is 6.97. The number of hydrogen-bond donors (Lipinski definition) is 1. The second-order valence-corrected chi connectivity index (χ2v) is 6.97. The number of rotatable bonds is 5. The minimum atomic E-state index is 0.429. The number of imidazole rings is 1. The summed E-state index contributed by atoms with van der Waals surface area (Å²) >= 11 is 0. The van der Waals surface area contributed by atoms with Crippen LogP contribution in [0.4, 0.5) is 5.82 Å². The van der Waals surface area contributed by atoms with E-state index in [1.54, 1.807) is 0 Å². The fourth-order valence-electron chi connectivity index (χ4n) is 3.55. The lowest BCUT2D eigenvalue weighted by molar-refractivity contribution is 0.378. The van der Waals surface area contributed by atoms with E-state index in [1.165, 1.54) is 22.9 Å². The SMILES string of the molecule is CC(C)c1nn(C)c(N(C)C)c1CNC1CCc2nccn2C1. The van der Waals surface area contributed by atoms with E-state index >= 15 is 0 Å². The number of nitrogens with one attached hydrogen (secondary N) is 1. The van der Waals surface area contributed by atoms with Gasteiger partial charge in [-0.25, -0.2) is 4.98 Å². The first-order valence-corrected chi connectivity index (χ1v) is 8.43. The van der Waals surface area contributed by atoms with E-state index in [2.05, 4.69) is 53.9 Å². The Hall–Kier alpha value is -1.82. The fraction of sp³-hybridized carbons (Fsp3) is 0.647. The highest BCUT2D eigenvalue weighted by Crippen LogP contribution is 2.27. The Morgan fingerprint density at radius 3 is 2.87 bits per heavy atom. The number of anilines is 1. The van der Waals surface area contributed by atoms with Crippen LogP contribution >= 0.6 is 0 Å². The Kier molecular flexibility index (Phi) is 4.43. The quantitative estimate of drug-likeness (QED) is 0.915. The first-order chi connectivity index (χ1) is 11.0. The van der Waals surface area contributed by atoms with E-state index in [0.29, 0.717) is 12.0 Å². The molecule has 0 bridgehead atoms. The van der Waals surface area contributed by atoms with Crippen LogP contribution in [-0.4, -0.2) is 39.5 Å². The van der Waals surface area contributed by atoms with Crippen LogP contribution in [0.1, 0.15) is 43.3 Å². The molecule has 2 aromatic heterocycles. The van der Waals surface area contributed by atoms with Crippen molar-refractivity contribution in [2.45, 2.75) is 51.7 Å². The van der Waals surface area contributed by atoms with E-state index < -0.39 is 0 Å². The maximum Gasteiger partial charge on any atom is 0.130 e. The summed E-state index contributed by atoms with van der Waals surface area (Å²) in [6.45, 7) is 6.29. The molecule has 0 spiro atoms. The smallest absolute Gasteiger partial charge is 0.130 e. The van der Waals surface area contributed by atoms with Crippen molar-refractivity contribution in [3.8, 4) is 0 Å². The van der Waals surface area contributed by atoms with Gasteiger partial charge in [-0.1, -0.05) is 13.8 Å². The van der Waals surface area contributed by atoms with Gasteiger partial charge in [0.25, 0.3) is 0 Å². The van der Waals surface area contributed by atoms with Crippen LogP contribution in [0.25, 0.3) is 0 Å². The summed E-state index contributed by atoms with van der Waals surface area (Å²) in [4.78, 5) is 6.56. The molecule has 1 unspecified atom stereocenters. The zero-order valence-electron chi connectivity index (χ0n) is 14.9. The van der Waals surface area contributed by atoms with Gasteiger partial charge in [0.1, 0.15) is 11.6 Å². The van der Waals surface area contributed by atoms with Gasteiger partial charge in [0.05, 0.1) is 5.69 Å². The summed E-state index contributed by atoms with van der Waals surface area (Å²) < 4.78 is 4.27. The molecule has 1 N–H and O–H groups in total. The zero-order chi connectivity index (χ0) is 16.6. The average Bonchev–Trinajstić information content (AvgIpc) is 3.08. The lowest BCUT2D eigenvalue weighted by Crippen LogP contribution is -2.37. The molecule has 3 rings (SSSR count). The van der Waals surface area contributed by atoms with E-state index in [0.717, 1.165) is 25.9 Å². The van der Waals surface area contributed by atoms with Crippen LogP contribution in [0, 0.1) is 0 Å². The molecule has 6 nitrogen and oxygen atoms in total. The Labute approximate surface area is 138 Å². The average molecular weight is 316 g/mol. The van der Waals surface area contributed by atoms with E-state index in [-0.39, 0.29) is 0 Å². The molecule has 0 aromatic carbocycles. The van der Waals surface area contributed by atoms with Crippen molar-refractivity contribution in [2.75, 3.05) is 19.0 Å². The van der Waals surface area contributed by atoms with Gasteiger partial charge in [-0.2, -0.15) is 5.10 Å². The Morgan fingerprint density at radius 1 is 1.39 bits per heavy atom. The lowest BCUT2D eigenvalue weighted by Gasteiger charge is -2.25. The van der Waals surface area contributed by atoms with E-state index in [1.807, 2.05) is 17.9 Å².